The number of hydrogen-bond donors (Lipinski definition) is 1. The van der Waals surface area contributed by atoms with Crippen molar-refractivity contribution in [2.24, 2.45) is 0 Å². The zero-order valence-electron chi connectivity index (χ0n) is 13.2. The first kappa shape index (κ1) is 18.0. The van der Waals surface area contributed by atoms with Crippen LogP contribution in [0.25, 0.3) is 0 Å². The second-order valence-corrected chi connectivity index (χ2v) is 6.03. The summed E-state index contributed by atoms with van der Waals surface area (Å²) in [5.74, 6) is 1.05. The summed E-state index contributed by atoms with van der Waals surface area (Å²) in [6, 6.07) is 5.84. The van der Waals surface area contributed by atoms with E-state index in [0.29, 0.717) is 0 Å². The molecule has 2 rings (SSSR count). The molecule has 21 heavy (non-hydrogen) atoms. The molecule has 1 aromatic carbocycles. The van der Waals surface area contributed by atoms with Crippen LogP contribution >= 0.6 is 0 Å². The highest BCUT2D eigenvalue weighted by Crippen LogP contribution is 2.21. The van der Waals surface area contributed by atoms with Crippen molar-refractivity contribution in [1.82, 2.24) is 0 Å². The standard InChI is InChI=1S/C17H25NO2.ClH/c1-13(2)20-17-8-7-15(14(3)19)11-16(17)12-18-9-5-4-6-10-18;/h7-8,11,13H,4-6,9-10,12H2,1-3H3;1H. The third kappa shape index (κ3) is 5.33. The van der Waals surface area contributed by atoms with Crippen LogP contribution in [-0.2, 0) is 6.54 Å². The van der Waals surface area contributed by atoms with Gasteiger partial charge in [-0.2, -0.15) is 0 Å². The van der Waals surface area contributed by atoms with Crippen molar-refractivity contribution in [2.45, 2.75) is 52.7 Å². The van der Waals surface area contributed by atoms with Crippen molar-refractivity contribution in [3.05, 3.63) is 29.3 Å². The van der Waals surface area contributed by atoms with E-state index in [1.807, 2.05) is 32.0 Å². The van der Waals surface area contributed by atoms with Crippen LogP contribution < -0.4 is 22.0 Å². The first-order valence-corrected chi connectivity index (χ1v) is 7.70. The summed E-state index contributed by atoms with van der Waals surface area (Å²) in [5.41, 5.74) is 1.95. The van der Waals surface area contributed by atoms with Crippen molar-refractivity contribution in [3.63, 3.8) is 0 Å². The van der Waals surface area contributed by atoms with E-state index in [1.165, 1.54) is 37.9 Å². The molecular weight excluding hydrogens is 286 g/mol. The first-order chi connectivity index (χ1) is 9.56. The second kappa shape index (κ2) is 8.40. The number of nitrogens with one attached hydrogen (secondary N) is 1. The van der Waals surface area contributed by atoms with Crippen LogP contribution in [0.3, 0.4) is 0 Å². The molecule has 1 heterocycles. The van der Waals surface area contributed by atoms with Gasteiger partial charge in [0.25, 0.3) is 0 Å². The molecule has 118 valence electrons. The highest BCUT2D eigenvalue weighted by molar-refractivity contribution is 5.94. The Labute approximate surface area is 134 Å². The Hall–Kier alpha value is -1.06. The van der Waals surface area contributed by atoms with Crippen molar-refractivity contribution in [1.29, 1.82) is 0 Å². The minimum Gasteiger partial charge on any atom is -1.00 e. The van der Waals surface area contributed by atoms with Gasteiger partial charge in [-0.25, -0.2) is 0 Å². The van der Waals surface area contributed by atoms with Gasteiger partial charge in [0.1, 0.15) is 12.3 Å². The molecule has 0 amide bonds. The number of hydrogen-bond acceptors (Lipinski definition) is 2. The van der Waals surface area contributed by atoms with Gasteiger partial charge in [0.2, 0.25) is 0 Å². The Kier molecular flexibility index (Phi) is 7.20. The maximum atomic E-state index is 11.6. The molecule has 0 saturated carbocycles. The Morgan fingerprint density at radius 3 is 2.48 bits per heavy atom. The molecule has 0 unspecified atom stereocenters. The summed E-state index contributed by atoms with van der Waals surface area (Å²) in [6.07, 6.45) is 4.13. The molecule has 1 saturated heterocycles. The highest BCUT2D eigenvalue weighted by atomic mass is 35.5. The summed E-state index contributed by atoms with van der Waals surface area (Å²) < 4.78 is 5.90. The van der Waals surface area contributed by atoms with E-state index in [-0.39, 0.29) is 24.3 Å². The molecule has 1 aromatic rings. The van der Waals surface area contributed by atoms with Gasteiger partial charge in [-0.1, -0.05) is 0 Å². The van der Waals surface area contributed by atoms with Crippen molar-refractivity contribution < 1.29 is 26.8 Å². The molecule has 1 fully saturated rings. The quantitative estimate of drug-likeness (QED) is 0.726. The number of carbonyl (C=O) groups is 1. The normalized spacial score (nSPS) is 15.6. The van der Waals surface area contributed by atoms with Gasteiger partial charge in [-0.15, -0.1) is 0 Å². The van der Waals surface area contributed by atoms with Gasteiger partial charge in [0, 0.05) is 11.1 Å². The Balaban J connectivity index is 0.00000220. The molecule has 4 heteroatoms. The predicted molar refractivity (Wildman–Crippen MR) is 80.5 cm³/mol. The molecule has 0 bridgehead atoms. The lowest BCUT2D eigenvalue weighted by Crippen LogP contribution is -3.11. The second-order valence-electron chi connectivity index (χ2n) is 6.03. The Morgan fingerprint density at radius 1 is 1.24 bits per heavy atom. The van der Waals surface area contributed by atoms with Gasteiger partial charge in [-0.05, 0) is 58.2 Å². The fourth-order valence-corrected chi connectivity index (χ4v) is 2.80. The summed E-state index contributed by atoms with van der Waals surface area (Å²) in [7, 11) is 0. The fraction of sp³-hybridized carbons (Fsp3) is 0.588. The van der Waals surface area contributed by atoms with Crippen molar-refractivity contribution >= 4 is 5.78 Å². The molecular formula is C17H26ClNO2. The maximum absolute atomic E-state index is 11.6. The Bertz CT molecular complexity index is 468. The maximum Gasteiger partial charge on any atom is 0.159 e. The molecule has 3 nitrogen and oxygen atoms in total. The van der Waals surface area contributed by atoms with E-state index >= 15 is 0 Å². The van der Waals surface area contributed by atoms with Crippen molar-refractivity contribution in [2.75, 3.05) is 13.1 Å². The highest BCUT2D eigenvalue weighted by Gasteiger charge is 2.18. The van der Waals surface area contributed by atoms with Crippen LogP contribution in [0.4, 0.5) is 0 Å². The minimum absolute atomic E-state index is 0. The number of halogens is 1. The molecule has 1 aliphatic rings. The summed E-state index contributed by atoms with van der Waals surface area (Å²) in [6.45, 7) is 9.11. The smallest absolute Gasteiger partial charge is 0.159 e. The lowest BCUT2D eigenvalue weighted by molar-refractivity contribution is -0.918. The summed E-state index contributed by atoms with van der Waals surface area (Å²) in [4.78, 5) is 13.2. The molecule has 0 radical (unpaired) electrons. The molecule has 0 aromatic heterocycles. The van der Waals surface area contributed by atoms with Crippen LogP contribution in [0.1, 0.15) is 56.0 Å². The number of piperidine rings is 1. The number of rotatable bonds is 5. The monoisotopic (exact) mass is 311 g/mol. The van der Waals surface area contributed by atoms with E-state index in [0.717, 1.165) is 17.9 Å². The van der Waals surface area contributed by atoms with Gasteiger partial charge in [0.05, 0.1) is 19.2 Å². The van der Waals surface area contributed by atoms with E-state index in [2.05, 4.69) is 0 Å². The fourth-order valence-electron chi connectivity index (χ4n) is 2.80. The summed E-state index contributed by atoms with van der Waals surface area (Å²) >= 11 is 0. The number of ether oxygens (including phenoxy) is 1. The number of likely N-dealkylation sites (tertiary alicyclic amines) is 1. The molecule has 1 aliphatic heterocycles. The van der Waals surface area contributed by atoms with Crippen LogP contribution in [0.5, 0.6) is 5.75 Å². The third-order valence-electron chi connectivity index (χ3n) is 3.83. The number of benzene rings is 1. The lowest BCUT2D eigenvalue weighted by Gasteiger charge is -2.25. The minimum atomic E-state index is 0. The number of carbonyl (C=O) groups excluding carboxylic acids is 1. The Morgan fingerprint density at radius 2 is 1.90 bits per heavy atom. The van der Waals surface area contributed by atoms with E-state index in [9.17, 15) is 4.79 Å². The lowest BCUT2D eigenvalue weighted by atomic mass is 10.0. The van der Waals surface area contributed by atoms with Gasteiger partial charge in [0.15, 0.2) is 5.78 Å². The molecule has 0 spiro atoms. The van der Waals surface area contributed by atoms with Gasteiger partial charge in [-0.3, -0.25) is 4.79 Å². The predicted octanol–water partition coefficient (Wildman–Crippen LogP) is -0.751. The molecule has 1 N–H and O–H groups in total. The van der Waals surface area contributed by atoms with Gasteiger partial charge >= 0.3 is 0 Å². The van der Waals surface area contributed by atoms with E-state index in [4.69, 9.17) is 4.74 Å². The van der Waals surface area contributed by atoms with Crippen molar-refractivity contribution in [3.8, 4) is 5.75 Å². The van der Waals surface area contributed by atoms with Crippen LogP contribution in [0.15, 0.2) is 18.2 Å². The van der Waals surface area contributed by atoms with E-state index < -0.39 is 0 Å². The average Bonchev–Trinajstić information content (AvgIpc) is 2.41. The van der Waals surface area contributed by atoms with Crippen LogP contribution in [0.2, 0.25) is 0 Å². The number of Topliss-reactive ketones (excluding diaryl/α,β-unsaturated/α-hetero) is 1. The zero-order chi connectivity index (χ0) is 14.5. The molecule has 0 atom stereocenters. The van der Waals surface area contributed by atoms with Crippen LogP contribution in [-0.4, -0.2) is 25.0 Å². The summed E-state index contributed by atoms with van der Waals surface area (Å²) in [5, 5.41) is 0. The number of ketones is 1. The zero-order valence-corrected chi connectivity index (χ0v) is 14.0. The van der Waals surface area contributed by atoms with Gasteiger partial charge < -0.3 is 22.0 Å². The SMILES string of the molecule is CC(=O)c1ccc(OC(C)C)c(C[NH+]2CCCCC2)c1.[Cl-]. The van der Waals surface area contributed by atoms with Crippen LogP contribution in [0, 0.1) is 0 Å². The number of quaternary nitrogens is 1. The first-order valence-electron chi connectivity index (χ1n) is 7.70. The average molecular weight is 312 g/mol. The molecule has 0 aliphatic carbocycles. The third-order valence-corrected chi connectivity index (χ3v) is 3.83. The largest absolute Gasteiger partial charge is 1.00 e. The van der Waals surface area contributed by atoms with E-state index in [1.54, 1.807) is 11.8 Å². The topological polar surface area (TPSA) is 30.7 Å².